The number of thiazole rings is 1. The lowest BCUT2D eigenvalue weighted by Gasteiger charge is -2.01. The summed E-state index contributed by atoms with van der Waals surface area (Å²) in [4.78, 5) is 14.9. The molecule has 1 aromatic heterocycles. The van der Waals surface area contributed by atoms with Crippen LogP contribution in [0.1, 0.15) is 16.8 Å². The van der Waals surface area contributed by atoms with Gasteiger partial charge in [-0.2, -0.15) is 0 Å². The quantitative estimate of drug-likeness (QED) is 0.853. The van der Waals surface area contributed by atoms with Crippen molar-refractivity contribution in [2.75, 3.05) is 0 Å². The van der Waals surface area contributed by atoms with Crippen LogP contribution in [0.3, 0.4) is 0 Å². The Labute approximate surface area is 114 Å². The molecule has 2 rings (SSSR count). The van der Waals surface area contributed by atoms with E-state index in [4.69, 9.17) is 5.11 Å². The summed E-state index contributed by atoms with van der Waals surface area (Å²) in [5.41, 5.74) is 3.07. The first-order chi connectivity index (χ1) is 8.63. The van der Waals surface area contributed by atoms with Gasteiger partial charge in [-0.3, -0.25) is 4.79 Å². The van der Waals surface area contributed by atoms with Crippen molar-refractivity contribution in [3.8, 4) is 0 Å². The van der Waals surface area contributed by atoms with Gasteiger partial charge in [-0.05, 0) is 18.1 Å². The first-order valence-electron chi connectivity index (χ1n) is 5.48. The molecule has 2 aromatic rings. The van der Waals surface area contributed by atoms with Crippen LogP contribution >= 0.6 is 23.1 Å². The number of aryl methyl sites for hydroxylation is 1. The zero-order valence-electron chi connectivity index (χ0n) is 9.92. The van der Waals surface area contributed by atoms with Gasteiger partial charge in [0.2, 0.25) is 0 Å². The first-order valence-corrected chi connectivity index (χ1v) is 7.34. The van der Waals surface area contributed by atoms with Gasteiger partial charge in [0.1, 0.15) is 4.34 Å². The molecule has 1 N–H and O–H groups in total. The lowest BCUT2D eigenvalue weighted by Crippen LogP contribution is -1.99. The van der Waals surface area contributed by atoms with Crippen LogP contribution in [0.2, 0.25) is 0 Å². The van der Waals surface area contributed by atoms with E-state index in [1.165, 1.54) is 5.56 Å². The van der Waals surface area contributed by atoms with Crippen molar-refractivity contribution < 1.29 is 9.90 Å². The molecule has 5 heteroatoms. The molecule has 0 aliphatic heterocycles. The molecule has 0 spiro atoms. The molecule has 0 radical (unpaired) electrons. The molecule has 0 unspecified atom stereocenters. The van der Waals surface area contributed by atoms with Gasteiger partial charge in [0, 0.05) is 16.8 Å². The Morgan fingerprint density at radius 3 is 2.56 bits per heavy atom. The van der Waals surface area contributed by atoms with E-state index in [1.54, 1.807) is 23.1 Å². The Morgan fingerprint density at radius 1 is 1.33 bits per heavy atom. The monoisotopic (exact) mass is 279 g/mol. The standard InChI is InChI=1S/C13H13NO2S2/c1-9-7-17-13(14-9)18-8-11-4-2-10(3-5-11)6-12(15)16/h2-5,7H,6,8H2,1H3,(H,15,16). The summed E-state index contributed by atoms with van der Waals surface area (Å²) in [6.45, 7) is 1.99. The second kappa shape index (κ2) is 6.02. The van der Waals surface area contributed by atoms with Crippen molar-refractivity contribution in [3.63, 3.8) is 0 Å². The molecule has 3 nitrogen and oxygen atoms in total. The minimum atomic E-state index is -0.796. The Hall–Kier alpha value is -1.33. The van der Waals surface area contributed by atoms with E-state index in [-0.39, 0.29) is 6.42 Å². The molecule has 1 aromatic carbocycles. The van der Waals surface area contributed by atoms with Crippen molar-refractivity contribution in [1.29, 1.82) is 0 Å². The van der Waals surface area contributed by atoms with E-state index in [0.717, 1.165) is 21.3 Å². The lowest BCUT2D eigenvalue weighted by atomic mass is 10.1. The molecule has 18 heavy (non-hydrogen) atoms. The maximum atomic E-state index is 10.6. The van der Waals surface area contributed by atoms with Crippen LogP contribution in [0.4, 0.5) is 0 Å². The highest BCUT2D eigenvalue weighted by atomic mass is 32.2. The van der Waals surface area contributed by atoms with Crippen LogP contribution in [0.5, 0.6) is 0 Å². The number of aromatic nitrogens is 1. The number of carboxylic acids is 1. The third kappa shape index (κ3) is 3.85. The topological polar surface area (TPSA) is 50.2 Å². The van der Waals surface area contributed by atoms with Crippen LogP contribution in [-0.4, -0.2) is 16.1 Å². The normalized spacial score (nSPS) is 10.5. The fourth-order valence-corrected chi connectivity index (χ4v) is 3.28. The smallest absolute Gasteiger partial charge is 0.307 e. The summed E-state index contributed by atoms with van der Waals surface area (Å²) >= 11 is 3.36. The van der Waals surface area contributed by atoms with E-state index in [9.17, 15) is 4.79 Å². The zero-order chi connectivity index (χ0) is 13.0. The number of aliphatic carboxylic acids is 1. The van der Waals surface area contributed by atoms with Crippen LogP contribution < -0.4 is 0 Å². The molecular formula is C13H13NO2S2. The fraction of sp³-hybridized carbons (Fsp3) is 0.231. The van der Waals surface area contributed by atoms with Gasteiger partial charge in [0.05, 0.1) is 6.42 Å². The maximum absolute atomic E-state index is 10.6. The van der Waals surface area contributed by atoms with Crippen molar-refractivity contribution in [2.24, 2.45) is 0 Å². The fourth-order valence-electron chi connectivity index (χ4n) is 1.47. The number of hydrogen-bond acceptors (Lipinski definition) is 4. The second-order valence-electron chi connectivity index (χ2n) is 3.93. The Bertz CT molecular complexity index is 534. The molecular weight excluding hydrogens is 266 g/mol. The predicted molar refractivity (Wildman–Crippen MR) is 74.2 cm³/mol. The highest BCUT2D eigenvalue weighted by Crippen LogP contribution is 2.26. The molecule has 0 fully saturated rings. The molecule has 0 bridgehead atoms. The summed E-state index contributed by atoms with van der Waals surface area (Å²) in [6, 6.07) is 7.70. The zero-order valence-corrected chi connectivity index (χ0v) is 11.6. The van der Waals surface area contributed by atoms with Crippen molar-refractivity contribution in [3.05, 3.63) is 46.5 Å². The number of carboxylic acid groups (broad SMARTS) is 1. The molecule has 0 saturated heterocycles. The second-order valence-corrected chi connectivity index (χ2v) is 6.01. The Morgan fingerprint density at radius 2 is 2.00 bits per heavy atom. The number of hydrogen-bond donors (Lipinski definition) is 1. The number of thioether (sulfide) groups is 1. The van der Waals surface area contributed by atoms with E-state index >= 15 is 0 Å². The molecule has 0 atom stereocenters. The van der Waals surface area contributed by atoms with E-state index < -0.39 is 5.97 Å². The first kappa shape index (κ1) is 13.1. The van der Waals surface area contributed by atoms with Gasteiger partial charge in [0.15, 0.2) is 0 Å². The molecule has 0 amide bonds. The minimum absolute atomic E-state index is 0.0824. The average molecular weight is 279 g/mol. The summed E-state index contributed by atoms with van der Waals surface area (Å²) in [5.74, 6) is 0.0655. The molecule has 1 heterocycles. The maximum Gasteiger partial charge on any atom is 0.307 e. The highest BCUT2D eigenvalue weighted by molar-refractivity contribution is 8.00. The number of rotatable bonds is 5. The van der Waals surface area contributed by atoms with E-state index in [2.05, 4.69) is 4.98 Å². The van der Waals surface area contributed by atoms with Crippen LogP contribution in [0.15, 0.2) is 34.0 Å². The van der Waals surface area contributed by atoms with Gasteiger partial charge < -0.3 is 5.11 Å². The third-order valence-electron chi connectivity index (χ3n) is 2.34. The third-order valence-corrected chi connectivity index (χ3v) is 4.55. The van der Waals surface area contributed by atoms with Crippen molar-refractivity contribution >= 4 is 29.1 Å². The van der Waals surface area contributed by atoms with Crippen molar-refractivity contribution in [2.45, 2.75) is 23.4 Å². The summed E-state index contributed by atoms with van der Waals surface area (Å²) in [5, 5.41) is 10.7. The largest absolute Gasteiger partial charge is 0.481 e. The van der Waals surface area contributed by atoms with Crippen LogP contribution in [0, 0.1) is 6.92 Å². The molecule has 0 saturated carbocycles. The van der Waals surface area contributed by atoms with Gasteiger partial charge in [-0.15, -0.1) is 11.3 Å². The summed E-state index contributed by atoms with van der Waals surface area (Å²) < 4.78 is 1.07. The minimum Gasteiger partial charge on any atom is -0.481 e. The molecule has 94 valence electrons. The number of carbonyl (C=O) groups is 1. The SMILES string of the molecule is Cc1csc(SCc2ccc(CC(=O)O)cc2)n1. The van der Waals surface area contributed by atoms with Crippen molar-refractivity contribution in [1.82, 2.24) is 4.98 Å². The lowest BCUT2D eigenvalue weighted by molar-refractivity contribution is -0.136. The Balaban J connectivity index is 1.92. The van der Waals surface area contributed by atoms with Crippen LogP contribution in [0.25, 0.3) is 0 Å². The number of benzene rings is 1. The summed E-state index contributed by atoms with van der Waals surface area (Å²) in [6.07, 6.45) is 0.0824. The predicted octanol–water partition coefficient (Wildman–Crippen LogP) is 3.37. The number of nitrogens with zero attached hydrogens (tertiary/aromatic N) is 1. The van der Waals surface area contributed by atoms with Crippen LogP contribution in [-0.2, 0) is 17.0 Å². The summed E-state index contributed by atoms with van der Waals surface area (Å²) in [7, 11) is 0. The highest BCUT2D eigenvalue weighted by Gasteiger charge is 2.02. The molecule has 0 aliphatic rings. The average Bonchev–Trinajstić information content (AvgIpc) is 2.74. The van der Waals surface area contributed by atoms with Gasteiger partial charge in [-0.1, -0.05) is 36.0 Å². The Kier molecular flexibility index (Phi) is 4.38. The van der Waals surface area contributed by atoms with Gasteiger partial charge in [-0.25, -0.2) is 4.98 Å². The van der Waals surface area contributed by atoms with Gasteiger partial charge in [0.25, 0.3) is 0 Å². The van der Waals surface area contributed by atoms with E-state index in [0.29, 0.717) is 0 Å². The van der Waals surface area contributed by atoms with E-state index in [1.807, 2.05) is 36.6 Å². The van der Waals surface area contributed by atoms with Gasteiger partial charge >= 0.3 is 5.97 Å². The molecule has 0 aliphatic carbocycles.